The second-order valence-corrected chi connectivity index (χ2v) is 18.0. The van der Waals surface area contributed by atoms with Crippen LogP contribution in [0.5, 0.6) is 0 Å². The van der Waals surface area contributed by atoms with Crippen LogP contribution in [0.15, 0.2) is 170 Å². The largest absolute Gasteiger partial charge is 0.346 e. The van der Waals surface area contributed by atoms with Crippen LogP contribution >= 0.6 is 0 Å². The quantitative estimate of drug-likeness (QED) is 0.144. The van der Waals surface area contributed by atoms with E-state index >= 15 is 0 Å². The van der Waals surface area contributed by atoms with Gasteiger partial charge in [0.25, 0.3) is 11.8 Å². The van der Waals surface area contributed by atoms with Crippen LogP contribution in [-0.2, 0) is 0 Å². The lowest BCUT2D eigenvalue weighted by Gasteiger charge is -2.20. The summed E-state index contributed by atoms with van der Waals surface area (Å²) in [6.45, 7) is 16.7. The van der Waals surface area contributed by atoms with E-state index in [1.807, 2.05) is 102 Å². The number of carbonyl (C=O) groups excluding carboxylic acids is 2. The molecule has 0 heterocycles. The molecule has 0 spiro atoms. The Morgan fingerprint density at radius 1 is 0.364 bits per heavy atom. The molecule has 4 heteroatoms. The summed E-state index contributed by atoms with van der Waals surface area (Å²) in [4.78, 5) is 27.5. The van der Waals surface area contributed by atoms with Gasteiger partial charge in [0.15, 0.2) is 0 Å². The van der Waals surface area contributed by atoms with Gasteiger partial charge in [-0.05, 0) is 166 Å². The van der Waals surface area contributed by atoms with E-state index in [9.17, 15) is 9.59 Å². The van der Waals surface area contributed by atoms with Gasteiger partial charge < -0.3 is 10.6 Å². The predicted molar refractivity (Wildman–Crippen MR) is 276 cm³/mol. The van der Waals surface area contributed by atoms with Gasteiger partial charge in [-0.25, -0.2) is 0 Å². The van der Waals surface area contributed by atoms with Gasteiger partial charge in [0.2, 0.25) is 0 Å². The van der Waals surface area contributed by atoms with Crippen molar-refractivity contribution >= 4 is 33.4 Å². The summed E-state index contributed by atoms with van der Waals surface area (Å²) in [6.07, 6.45) is 0. The van der Waals surface area contributed by atoms with Crippen LogP contribution in [0.3, 0.4) is 0 Å². The van der Waals surface area contributed by atoms with Crippen molar-refractivity contribution in [2.24, 2.45) is 0 Å². The Morgan fingerprint density at radius 3 is 1.02 bits per heavy atom. The Balaban J connectivity index is 1.08. The molecular weight excluding hydrogens is 805 g/mol. The summed E-state index contributed by atoms with van der Waals surface area (Å²) in [6, 6.07) is 59.4. The number of benzene rings is 9. The van der Waals surface area contributed by atoms with E-state index in [2.05, 4.69) is 134 Å². The fraction of sp³-hybridized carbons (Fsp3) is 0.161. The molecule has 0 aliphatic rings. The Morgan fingerprint density at radius 2 is 0.682 bits per heavy atom. The number of aryl methyl sites for hydroxylation is 4. The first-order valence-electron chi connectivity index (χ1n) is 23.0. The fourth-order valence-electron chi connectivity index (χ4n) is 10.2. The fourth-order valence-corrected chi connectivity index (χ4v) is 10.2. The monoisotopic (exact) mass is 860 g/mol. The van der Waals surface area contributed by atoms with Crippen LogP contribution in [0.25, 0.3) is 66.1 Å². The third kappa shape index (κ3) is 8.20. The highest BCUT2D eigenvalue weighted by Gasteiger charge is 2.22. The molecule has 2 amide bonds. The maximum Gasteiger partial charge on any atom is 0.252 e. The van der Waals surface area contributed by atoms with Crippen LogP contribution in [-0.4, -0.2) is 11.8 Å². The van der Waals surface area contributed by atoms with Crippen molar-refractivity contribution in [2.45, 2.75) is 67.5 Å². The number of fused-ring (bicyclic) bond motifs is 2. The number of amides is 2. The molecule has 0 radical (unpaired) electrons. The van der Waals surface area contributed by atoms with E-state index in [-0.39, 0.29) is 23.9 Å². The summed E-state index contributed by atoms with van der Waals surface area (Å²) >= 11 is 0. The van der Waals surface area contributed by atoms with Gasteiger partial charge >= 0.3 is 0 Å². The van der Waals surface area contributed by atoms with E-state index in [0.717, 1.165) is 66.8 Å². The van der Waals surface area contributed by atoms with Gasteiger partial charge in [-0.1, -0.05) is 170 Å². The van der Waals surface area contributed by atoms with Gasteiger partial charge in [-0.3, -0.25) is 9.59 Å². The summed E-state index contributed by atoms with van der Waals surface area (Å²) in [5, 5.41) is 11.2. The molecule has 0 saturated heterocycles. The van der Waals surface area contributed by atoms with Crippen LogP contribution < -0.4 is 10.6 Å². The van der Waals surface area contributed by atoms with Gasteiger partial charge in [-0.2, -0.15) is 0 Å². The Hall–Kier alpha value is -7.56. The molecule has 0 bridgehead atoms. The van der Waals surface area contributed by atoms with E-state index in [4.69, 9.17) is 0 Å². The molecule has 326 valence electrons. The van der Waals surface area contributed by atoms with Crippen LogP contribution in [0.1, 0.15) is 91.2 Å². The van der Waals surface area contributed by atoms with Gasteiger partial charge in [-0.15, -0.1) is 0 Å². The maximum atomic E-state index is 13.7. The first-order valence-corrected chi connectivity index (χ1v) is 23.0. The highest BCUT2D eigenvalue weighted by Crippen LogP contribution is 2.43. The Kier molecular flexibility index (Phi) is 12.0. The van der Waals surface area contributed by atoms with Crippen molar-refractivity contribution in [1.82, 2.24) is 10.6 Å². The van der Waals surface area contributed by atoms with E-state index in [0.29, 0.717) is 0 Å². The third-order valence-corrected chi connectivity index (χ3v) is 13.6. The van der Waals surface area contributed by atoms with Crippen molar-refractivity contribution in [1.29, 1.82) is 0 Å². The topological polar surface area (TPSA) is 58.2 Å². The van der Waals surface area contributed by atoms with Gasteiger partial charge in [0, 0.05) is 11.1 Å². The second-order valence-electron chi connectivity index (χ2n) is 18.0. The first kappa shape index (κ1) is 43.7. The molecule has 4 nitrogen and oxygen atoms in total. The van der Waals surface area contributed by atoms with Crippen molar-refractivity contribution in [3.63, 3.8) is 0 Å². The summed E-state index contributed by atoms with van der Waals surface area (Å²) < 4.78 is 0. The van der Waals surface area contributed by atoms with Crippen LogP contribution in [0, 0.1) is 41.5 Å². The number of nitrogens with one attached hydrogen (secondary N) is 2. The number of hydrogen-bond acceptors (Lipinski definition) is 2. The Bertz CT molecular complexity index is 3050. The highest BCUT2D eigenvalue weighted by atomic mass is 16.2. The normalized spacial score (nSPS) is 12.2. The molecule has 0 aliphatic carbocycles. The molecule has 9 aromatic carbocycles. The van der Waals surface area contributed by atoms with Gasteiger partial charge in [0.1, 0.15) is 0 Å². The lowest BCUT2D eigenvalue weighted by atomic mass is 9.84. The number of hydrogen-bond donors (Lipinski definition) is 2. The molecule has 2 unspecified atom stereocenters. The zero-order chi connectivity index (χ0) is 46.2. The van der Waals surface area contributed by atoms with Crippen molar-refractivity contribution in [3.8, 4) is 44.5 Å². The molecular formula is C62H56N2O2. The zero-order valence-electron chi connectivity index (χ0n) is 39.1. The lowest BCUT2D eigenvalue weighted by Crippen LogP contribution is -2.28. The lowest BCUT2D eigenvalue weighted by molar-refractivity contribution is 0.0930. The molecule has 0 saturated carbocycles. The SMILES string of the molecule is Cc1cc(-c2cccc3cccc(-c4ccc(-c5cccc6cccc(-c7cc(C)c(C(=O)NC(C)c8ccccc8)c(C)c7)c56)c(C)c4C)c23)cc(C)c1C(=O)NC(C)c1ccccc1. The minimum absolute atomic E-state index is 0.0620. The first-order chi connectivity index (χ1) is 31.9. The van der Waals surface area contributed by atoms with Gasteiger partial charge in [0.05, 0.1) is 12.1 Å². The molecule has 66 heavy (non-hydrogen) atoms. The molecule has 9 aromatic rings. The molecule has 0 aliphatic heterocycles. The van der Waals surface area contributed by atoms with E-state index < -0.39 is 0 Å². The van der Waals surface area contributed by atoms with Crippen molar-refractivity contribution in [2.75, 3.05) is 0 Å². The van der Waals surface area contributed by atoms with Crippen molar-refractivity contribution < 1.29 is 9.59 Å². The molecule has 9 rings (SSSR count). The van der Waals surface area contributed by atoms with Crippen LogP contribution in [0.2, 0.25) is 0 Å². The zero-order valence-corrected chi connectivity index (χ0v) is 39.1. The summed E-state index contributed by atoms with van der Waals surface area (Å²) in [5.41, 5.74) is 19.0. The smallest absolute Gasteiger partial charge is 0.252 e. The molecule has 2 atom stereocenters. The molecule has 0 fully saturated rings. The standard InChI is InChI=1S/C62H56N2O2/c1-37-33-49(34-38(2)57(37)61(65)63-43(7)45-19-11-9-12-20-45)53-27-15-23-47-25-17-29-55(59(47)53)51-31-32-52(42(6)41(51)5)56-30-18-26-48-24-16-28-54(60(48)56)50-35-39(3)58(40(4)36-50)62(66)64-44(8)46-21-13-10-14-22-46/h9-36,43-44H,1-8H3,(H,63,65)(H,64,66). The van der Waals surface area contributed by atoms with E-state index in [1.54, 1.807) is 0 Å². The maximum absolute atomic E-state index is 13.7. The second kappa shape index (κ2) is 18.1. The number of carbonyl (C=O) groups is 2. The van der Waals surface area contributed by atoms with E-state index in [1.165, 1.54) is 54.9 Å². The minimum atomic E-state index is -0.111. The summed E-state index contributed by atoms with van der Waals surface area (Å²) in [5.74, 6) is -0.124. The van der Waals surface area contributed by atoms with Crippen LogP contribution in [0.4, 0.5) is 0 Å². The predicted octanol–water partition coefficient (Wildman–Crippen LogP) is 15.5. The Labute approximate surface area is 389 Å². The average molecular weight is 861 g/mol. The molecule has 2 N–H and O–H groups in total. The molecule has 0 aromatic heterocycles. The van der Waals surface area contributed by atoms with Crippen molar-refractivity contribution in [3.05, 3.63) is 225 Å². The minimum Gasteiger partial charge on any atom is -0.346 e. The highest BCUT2D eigenvalue weighted by molar-refractivity contribution is 6.10. The average Bonchev–Trinajstić information content (AvgIpc) is 3.31. The summed E-state index contributed by atoms with van der Waals surface area (Å²) in [7, 11) is 0. The third-order valence-electron chi connectivity index (χ3n) is 13.6. The number of rotatable bonds is 10.